The Morgan fingerprint density at radius 3 is 2.52 bits per heavy atom. The topological polar surface area (TPSA) is 81.2 Å². The third-order valence-corrected chi connectivity index (χ3v) is 5.46. The van der Waals surface area contributed by atoms with Crippen LogP contribution in [0.1, 0.15) is 18.4 Å². The predicted molar refractivity (Wildman–Crippen MR) is 79.8 cm³/mol. The number of rotatable bonds is 5. The lowest BCUT2D eigenvalue weighted by Gasteiger charge is -2.21. The molecule has 2 aromatic rings. The van der Waals surface area contributed by atoms with Gasteiger partial charge in [0.25, 0.3) is 0 Å². The van der Waals surface area contributed by atoms with Crippen LogP contribution in [0.2, 0.25) is 0 Å². The van der Waals surface area contributed by atoms with Crippen LogP contribution in [-0.4, -0.2) is 28.5 Å². The molecule has 1 aliphatic rings. The van der Waals surface area contributed by atoms with Crippen molar-refractivity contribution in [3.8, 4) is 0 Å². The monoisotopic (exact) mass is 306 g/mol. The maximum atomic E-state index is 12.8. The minimum Gasteiger partial charge on any atom is -0.381 e. The zero-order valence-corrected chi connectivity index (χ0v) is 12.6. The summed E-state index contributed by atoms with van der Waals surface area (Å²) in [5.74, 6) is 0.0520. The Balaban J connectivity index is 1.95. The van der Waals surface area contributed by atoms with Crippen molar-refractivity contribution in [1.29, 1.82) is 0 Å². The highest BCUT2D eigenvalue weighted by Gasteiger charge is 2.39. The third-order valence-electron chi connectivity index (χ3n) is 3.54. The molecule has 0 saturated heterocycles. The summed E-state index contributed by atoms with van der Waals surface area (Å²) < 4.78 is 28.7. The molecular formula is C14H18N4O2S. The fourth-order valence-corrected chi connectivity index (χ4v) is 4.11. The quantitative estimate of drug-likeness (QED) is 0.904. The standard InChI is InChI=1S/C14H18N4O2S/c1-17-10-13(14(15)16-17)21(19,20)18(12-7-8-12)9-11-5-3-2-4-6-11/h2-6,10,12H,7-9H2,1H3,(H2,15,16). The Hall–Kier alpha value is -1.86. The van der Waals surface area contributed by atoms with Crippen molar-refractivity contribution in [2.24, 2.45) is 7.05 Å². The molecule has 1 aliphatic carbocycles. The fraction of sp³-hybridized carbons (Fsp3) is 0.357. The number of nitrogens with two attached hydrogens (primary N) is 1. The number of nitrogens with zero attached hydrogens (tertiary/aromatic N) is 3. The Labute approximate surface area is 124 Å². The summed E-state index contributed by atoms with van der Waals surface area (Å²) in [6, 6.07) is 9.65. The molecule has 0 spiro atoms. The number of aromatic nitrogens is 2. The van der Waals surface area contributed by atoms with Crippen LogP contribution in [0.3, 0.4) is 0 Å². The zero-order valence-electron chi connectivity index (χ0n) is 11.8. The Bertz CT molecular complexity index is 736. The van der Waals surface area contributed by atoms with E-state index in [0.717, 1.165) is 18.4 Å². The van der Waals surface area contributed by atoms with E-state index in [1.807, 2.05) is 30.3 Å². The summed E-state index contributed by atoms with van der Waals surface area (Å²) in [6.45, 7) is 0.363. The van der Waals surface area contributed by atoms with E-state index in [1.54, 1.807) is 7.05 Å². The van der Waals surface area contributed by atoms with Crippen LogP contribution < -0.4 is 5.73 Å². The van der Waals surface area contributed by atoms with Crippen molar-refractivity contribution >= 4 is 15.8 Å². The normalized spacial score (nSPS) is 15.5. The summed E-state index contributed by atoms with van der Waals surface area (Å²) in [5, 5.41) is 3.94. The minimum absolute atomic E-state index is 0.0520. The number of hydrogen-bond donors (Lipinski definition) is 1. The van der Waals surface area contributed by atoms with Crippen LogP contribution in [0.4, 0.5) is 5.82 Å². The van der Waals surface area contributed by atoms with E-state index in [9.17, 15) is 8.42 Å². The molecule has 0 aliphatic heterocycles. The zero-order chi connectivity index (χ0) is 15.0. The molecule has 0 atom stereocenters. The Morgan fingerprint density at radius 2 is 2.00 bits per heavy atom. The first kappa shape index (κ1) is 14.1. The first-order valence-corrected chi connectivity index (χ1v) is 8.27. The van der Waals surface area contributed by atoms with Crippen molar-refractivity contribution in [3.05, 3.63) is 42.1 Å². The van der Waals surface area contributed by atoms with Crippen LogP contribution >= 0.6 is 0 Å². The lowest BCUT2D eigenvalue weighted by atomic mass is 10.2. The second-order valence-electron chi connectivity index (χ2n) is 5.32. The highest BCUT2D eigenvalue weighted by Crippen LogP contribution is 2.34. The predicted octanol–water partition coefficient (Wildman–Crippen LogP) is 1.36. The molecule has 112 valence electrons. The molecule has 21 heavy (non-hydrogen) atoms. The van der Waals surface area contributed by atoms with Crippen molar-refractivity contribution in [2.75, 3.05) is 5.73 Å². The van der Waals surface area contributed by atoms with E-state index in [0.29, 0.717) is 6.54 Å². The minimum atomic E-state index is -3.62. The molecule has 1 aromatic heterocycles. The largest absolute Gasteiger partial charge is 0.381 e. The smallest absolute Gasteiger partial charge is 0.248 e. The number of aryl methyl sites for hydroxylation is 1. The highest BCUT2D eigenvalue weighted by atomic mass is 32.2. The van der Waals surface area contributed by atoms with E-state index in [1.165, 1.54) is 15.2 Å². The second kappa shape index (κ2) is 5.16. The number of anilines is 1. The van der Waals surface area contributed by atoms with E-state index in [4.69, 9.17) is 5.73 Å². The van der Waals surface area contributed by atoms with Gasteiger partial charge in [-0.1, -0.05) is 30.3 Å². The number of hydrogen-bond acceptors (Lipinski definition) is 4. The molecule has 1 aromatic carbocycles. The summed E-state index contributed by atoms with van der Waals surface area (Å²) in [6.07, 6.45) is 3.25. The fourth-order valence-electron chi connectivity index (χ4n) is 2.35. The van der Waals surface area contributed by atoms with Crippen LogP contribution in [0.15, 0.2) is 41.4 Å². The molecular weight excluding hydrogens is 288 g/mol. The summed E-state index contributed by atoms with van der Waals surface area (Å²) in [5.41, 5.74) is 6.71. The summed E-state index contributed by atoms with van der Waals surface area (Å²) >= 11 is 0. The van der Waals surface area contributed by atoms with Crippen LogP contribution in [0, 0.1) is 0 Å². The van der Waals surface area contributed by atoms with Gasteiger partial charge in [0, 0.05) is 25.8 Å². The molecule has 3 rings (SSSR count). The van der Waals surface area contributed by atoms with Crippen molar-refractivity contribution in [1.82, 2.24) is 14.1 Å². The van der Waals surface area contributed by atoms with Crippen LogP contribution in [-0.2, 0) is 23.6 Å². The first-order chi connectivity index (χ1) is 9.98. The van der Waals surface area contributed by atoms with Gasteiger partial charge < -0.3 is 5.73 Å². The molecule has 1 saturated carbocycles. The summed E-state index contributed by atoms with van der Waals surface area (Å²) in [7, 11) is -1.96. The average Bonchev–Trinajstić information content (AvgIpc) is 3.21. The average molecular weight is 306 g/mol. The highest BCUT2D eigenvalue weighted by molar-refractivity contribution is 7.89. The molecule has 1 fully saturated rings. The Kier molecular flexibility index (Phi) is 3.46. The van der Waals surface area contributed by atoms with Gasteiger partial charge in [-0.3, -0.25) is 4.68 Å². The molecule has 0 amide bonds. The van der Waals surface area contributed by atoms with E-state index in [-0.39, 0.29) is 16.8 Å². The van der Waals surface area contributed by atoms with E-state index < -0.39 is 10.0 Å². The maximum absolute atomic E-state index is 12.8. The van der Waals surface area contributed by atoms with E-state index >= 15 is 0 Å². The van der Waals surface area contributed by atoms with Gasteiger partial charge in [-0.25, -0.2) is 8.42 Å². The maximum Gasteiger partial charge on any atom is 0.248 e. The van der Waals surface area contributed by atoms with Crippen LogP contribution in [0.25, 0.3) is 0 Å². The van der Waals surface area contributed by atoms with Gasteiger partial charge in [0.05, 0.1) is 0 Å². The lowest BCUT2D eigenvalue weighted by molar-refractivity contribution is 0.399. The molecule has 0 unspecified atom stereocenters. The van der Waals surface area contributed by atoms with Crippen molar-refractivity contribution in [2.45, 2.75) is 30.3 Å². The van der Waals surface area contributed by atoms with Gasteiger partial charge in [-0.2, -0.15) is 9.40 Å². The molecule has 6 nitrogen and oxygen atoms in total. The summed E-state index contributed by atoms with van der Waals surface area (Å²) in [4.78, 5) is 0.0906. The SMILES string of the molecule is Cn1cc(S(=O)(=O)N(Cc2ccccc2)C2CC2)c(N)n1. The molecule has 7 heteroatoms. The molecule has 2 N–H and O–H groups in total. The lowest BCUT2D eigenvalue weighted by Crippen LogP contribution is -2.32. The number of sulfonamides is 1. The Morgan fingerprint density at radius 1 is 1.33 bits per heavy atom. The van der Waals surface area contributed by atoms with Crippen molar-refractivity contribution < 1.29 is 8.42 Å². The van der Waals surface area contributed by atoms with Gasteiger partial charge in [-0.05, 0) is 18.4 Å². The van der Waals surface area contributed by atoms with Crippen molar-refractivity contribution in [3.63, 3.8) is 0 Å². The van der Waals surface area contributed by atoms with Gasteiger partial charge in [0.15, 0.2) is 5.82 Å². The van der Waals surface area contributed by atoms with Gasteiger partial charge in [0.2, 0.25) is 10.0 Å². The molecule has 0 bridgehead atoms. The third kappa shape index (κ3) is 2.79. The second-order valence-corrected chi connectivity index (χ2v) is 7.18. The first-order valence-electron chi connectivity index (χ1n) is 6.83. The van der Waals surface area contributed by atoms with Gasteiger partial charge >= 0.3 is 0 Å². The number of nitrogen functional groups attached to an aromatic ring is 1. The number of benzene rings is 1. The van der Waals surface area contributed by atoms with Gasteiger partial charge in [-0.15, -0.1) is 0 Å². The molecule has 1 heterocycles. The van der Waals surface area contributed by atoms with Crippen LogP contribution in [0.5, 0.6) is 0 Å². The van der Waals surface area contributed by atoms with Gasteiger partial charge in [0.1, 0.15) is 4.90 Å². The molecule has 0 radical (unpaired) electrons. The van der Waals surface area contributed by atoms with E-state index in [2.05, 4.69) is 5.10 Å².